The van der Waals surface area contributed by atoms with E-state index in [9.17, 15) is 44.1 Å². The predicted octanol–water partition coefficient (Wildman–Crippen LogP) is -5.71. The van der Waals surface area contributed by atoms with Crippen LogP contribution in [0, 0.1) is 0 Å². The van der Waals surface area contributed by atoms with Gasteiger partial charge >= 0.3 is 5.97 Å². The summed E-state index contributed by atoms with van der Waals surface area (Å²) in [6, 6.07) is -5.83. The van der Waals surface area contributed by atoms with Crippen LogP contribution < -0.4 is 32.7 Å². The van der Waals surface area contributed by atoms with Crippen molar-refractivity contribution in [3.63, 3.8) is 0 Å². The number of aliphatic hydroxyl groups excluding tert-OH is 2. The lowest BCUT2D eigenvalue weighted by atomic mass is 10.1. The first kappa shape index (κ1) is 27.1. The fourth-order valence-electron chi connectivity index (χ4n) is 2.46. The van der Waals surface area contributed by atoms with Gasteiger partial charge in [-0.15, -0.1) is 11.8 Å². The molecule has 1 aliphatic heterocycles. The van der Waals surface area contributed by atoms with Crippen molar-refractivity contribution in [2.75, 3.05) is 19.0 Å². The lowest BCUT2D eigenvalue weighted by molar-refractivity contribution is -0.145. The molecule has 1 aliphatic rings. The number of rotatable bonds is 5. The average Bonchev–Trinajstić information content (AvgIpc) is 2.72. The van der Waals surface area contributed by atoms with Crippen LogP contribution in [-0.2, 0) is 28.8 Å². The Balaban J connectivity index is 3.38. The zero-order valence-electron chi connectivity index (χ0n) is 17.0. The standard InChI is InChI=1S/C16H26N6O9S/c1-6-11(26)20-8(2-10(18)25)14(29)22-16(5-24,15(30)31)32-4-7(17)12(27)21-9(3-23)13(28)19-6/h6-9,23-24H,2-5,17H2,1H3,(H2,18,25)(H,19,28)(H,20,26)(H,21,27)(H,22,29)(H,30,31)/t6-,7-,8-,9?,16+/m0/s1. The molecule has 0 aromatic carbocycles. The Labute approximate surface area is 186 Å². The van der Waals surface area contributed by atoms with Gasteiger partial charge in [-0.2, -0.15) is 0 Å². The lowest BCUT2D eigenvalue weighted by Gasteiger charge is -2.30. The highest BCUT2D eigenvalue weighted by atomic mass is 32.2. The second-order valence-corrected chi connectivity index (χ2v) is 8.22. The molecular weight excluding hydrogens is 452 g/mol. The van der Waals surface area contributed by atoms with Crippen molar-refractivity contribution >= 4 is 47.3 Å². The van der Waals surface area contributed by atoms with E-state index in [1.54, 1.807) is 0 Å². The molecule has 1 heterocycles. The van der Waals surface area contributed by atoms with E-state index in [2.05, 4.69) is 16.0 Å². The lowest BCUT2D eigenvalue weighted by Crippen LogP contribution is -2.61. The van der Waals surface area contributed by atoms with Crippen molar-refractivity contribution in [2.45, 2.75) is 42.4 Å². The molecule has 180 valence electrons. The SMILES string of the molecule is C[C@@H]1NC(=O)C(CO)NC(=O)[C@@H](N)CS[C@](CO)(C(=O)O)NC(=O)[C@H](CC(N)=O)NC1=O. The molecule has 1 fully saturated rings. The van der Waals surface area contributed by atoms with Crippen molar-refractivity contribution in [3.05, 3.63) is 0 Å². The van der Waals surface area contributed by atoms with Crippen LogP contribution in [0.25, 0.3) is 0 Å². The summed E-state index contributed by atoms with van der Waals surface area (Å²) in [5.74, 6) is -7.14. The fraction of sp³-hybridized carbons (Fsp3) is 0.625. The summed E-state index contributed by atoms with van der Waals surface area (Å²) < 4.78 is 0. The third kappa shape index (κ3) is 7.04. The summed E-state index contributed by atoms with van der Waals surface area (Å²) in [5, 5.41) is 37.2. The molecule has 11 N–H and O–H groups in total. The second-order valence-electron chi connectivity index (χ2n) is 6.90. The number of aliphatic carboxylic acids is 1. The molecule has 5 amide bonds. The second kappa shape index (κ2) is 11.6. The Hall–Kier alpha value is -2.95. The van der Waals surface area contributed by atoms with Crippen LogP contribution in [0.3, 0.4) is 0 Å². The zero-order valence-corrected chi connectivity index (χ0v) is 17.8. The molecule has 32 heavy (non-hydrogen) atoms. The first-order chi connectivity index (χ1) is 14.9. The topological polar surface area (TPSA) is 263 Å². The highest BCUT2D eigenvalue weighted by Gasteiger charge is 2.43. The van der Waals surface area contributed by atoms with Crippen LogP contribution in [-0.4, -0.2) is 98.8 Å². The molecule has 0 saturated carbocycles. The van der Waals surface area contributed by atoms with E-state index in [4.69, 9.17) is 11.5 Å². The molecule has 15 nitrogen and oxygen atoms in total. The summed E-state index contributed by atoms with van der Waals surface area (Å²) in [7, 11) is 0. The highest BCUT2D eigenvalue weighted by molar-refractivity contribution is 8.01. The number of nitrogens with two attached hydrogens (primary N) is 2. The van der Waals surface area contributed by atoms with Gasteiger partial charge in [-0.1, -0.05) is 0 Å². The van der Waals surface area contributed by atoms with Gasteiger partial charge in [-0.25, -0.2) is 4.79 Å². The summed E-state index contributed by atoms with van der Waals surface area (Å²) in [6.45, 7) is -0.760. The Morgan fingerprint density at radius 1 is 1.03 bits per heavy atom. The van der Waals surface area contributed by atoms with Crippen LogP contribution in [0.2, 0.25) is 0 Å². The van der Waals surface area contributed by atoms with Gasteiger partial charge < -0.3 is 48.1 Å². The van der Waals surface area contributed by atoms with E-state index >= 15 is 0 Å². The van der Waals surface area contributed by atoms with Gasteiger partial charge in [-0.3, -0.25) is 24.0 Å². The number of carboxylic acid groups (broad SMARTS) is 1. The number of nitrogens with one attached hydrogen (secondary N) is 4. The fourth-order valence-corrected chi connectivity index (χ4v) is 3.46. The van der Waals surface area contributed by atoms with E-state index in [1.807, 2.05) is 5.32 Å². The van der Waals surface area contributed by atoms with Crippen LogP contribution in [0.5, 0.6) is 0 Å². The molecule has 0 aromatic heterocycles. The maximum atomic E-state index is 12.7. The van der Waals surface area contributed by atoms with E-state index in [1.165, 1.54) is 6.92 Å². The zero-order chi connectivity index (χ0) is 24.6. The molecule has 1 rings (SSSR count). The number of carbonyl (C=O) groups excluding carboxylic acids is 5. The van der Waals surface area contributed by atoms with Gasteiger partial charge in [-0.05, 0) is 6.92 Å². The number of hydrogen-bond donors (Lipinski definition) is 9. The van der Waals surface area contributed by atoms with Gasteiger partial charge in [0.2, 0.25) is 34.4 Å². The van der Waals surface area contributed by atoms with Gasteiger partial charge in [0, 0.05) is 5.75 Å². The van der Waals surface area contributed by atoms with Gasteiger partial charge in [0.1, 0.15) is 18.1 Å². The smallest absolute Gasteiger partial charge is 0.342 e. The van der Waals surface area contributed by atoms with E-state index in [-0.39, 0.29) is 0 Å². The Morgan fingerprint density at radius 2 is 1.62 bits per heavy atom. The molecule has 0 aliphatic carbocycles. The minimum atomic E-state index is -2.38. The van der Waals surface area contributed by atoms with Gasteiger partial charge in [0.05, 0.1) is 25.7 Å². The molecule has 0 radical (unpaired) electrons. The molecule has 1 unspecified atom stereocenters. The van der Waals surface area contributed by atoms with Crippen molar-refractivity contribution in [2.24, 2.45) is 11.5 Å². The molecular formula is C16H26N6O9S. The summed E-state index contributed by atoms with van der Waals surface area (Å²) >= 11 is 0.397. The Bertz CT molecular complexity index is 781. The molecule has 1 saturated heterocycles. The number of carbonyl (C=O) groups is 6. The van der Waals surface area contributed by atoms with Crippen LogP contribution in [0.15, 0.2) is 0 Å². The largest absolute Gasteiger partial charge is 0.479 e. The summed E-state index contributed by atoms with van der Waals surface area (Å²) in [4.78, 5) is 70.4. The number of amides is 5. The first-order valence-electron chi connectivity index (χ1n) is 9.23. The van der Waals surface area contributed by atoms with E-state index < -0.39 is 89.9 Å². The highest BCUT2D eigenvalue weighted by Crippen LogP contribution is 2.24. The van der Waals surface area contributed by atoms with Crippen molar-refractivity contribution in [1.82, 2.24) is 21.3 Å². The minimum Gasteiger partial charge on any atom is -0.479 e. The first-order valence-corrected chi connectivity index (χ1v) is 10.2. The van der Waals surface area contributed by atoms with Crippen molar-refractivity contribution in [1.29, 1.82) is 0 Å². The third-order valence-electron chi connectivity index (χ3n) is 4.35. The van der Waals surface area contributed by atoms with Gasteiger partial charge in [0.15, 0.2) is 0 Å². The molecule has 0 bridgehead atoms. The number of carboxylic acids is 1. The summed E-state index contributed by atoms with van der Waals surface area (Å²) in [6.07, 6.45) is -0.719. The quantitative estimate of drug-likeness (QED) is 0.180. The molecule has 0 spiro atoms. The number of primary amides is 1. The maximum absolute atomic E-state index is 12.7. The summed E-state index contributed by atoms with van der Waals surface area (Å²) in [5.41, 5.74) is 10.8. The molecule has 16 heteroatoms. The van der Waals surface area contributed by atoms with Crippen LogP contribution in [0.4, 0.5) is 0 Å². The monoisotopic (exact) mass is 478 g/mol. The van der Waals surface area contributed by atoms with E-state index in [0.717, 1.165) is 0 Å². The average molecular weight is 478 g/mol. The maximum Gasteiger partial charge on any atom is 0.342 e. The number of aliphatic hydroxyl groups is 2. The molecule has 5 atom stereocenters. The van der Waals surface area contributed by atoms with Crippen LogP contribution >= 0.6 is 11.8 Å². The van der Waals surface area contributed by atoms with Crippen LogP contribution in [0.1, 0.15) is 13.3 Å². The number of hydrogen-bond acceptors (Lipinski definition) is 10. The molecule has 0 aromatic rings. The number of thioether (sulfide) groups is 1. The minimum absolute atomic E-state index is 0.397. The van der Waals surface area contributed by atoms with E-state index in [0.29, 0.717) is 11.8 Å². The van der Waals surface area contributed by atoms with Crippen molar-refractivity contribution < 1.29 is 44.1 Å². The normalized spacial score (nSPS) is 30.6. The predicted molar refractivity (Wildman–Crippen MR) is 108 cm³/mol. The van der Waals surface area contributed by atoms with Gasteiger partial charge in [0.25, 0.3) is 0 Å². The Morgan fingerprint density at radius 3 is 2.12 bits per heavy atom. The third-order valence-corrected chi connectivity index (χ3v) is 5.77. The van der Waals surface area contributed by atoms with Crippen molar-refractivity contribution in [3.8, 4) is 0 Å². The Kier molecular flexibility index (Phi) is 9.82.